The van der Waals surface area contributed by atoms with Crippen LogP contribution in [0.15, 0.2) is 33.3 Å². The first-order chi connectivity index (χ1) is 8.20. The molecule has 5 heteroatoms. The Morgan fingerprint density at radius 1 is 1.47 bits per heavy atom. The van der Waals surface area contributed by atoms with Gasteiger partial charge in [0, 0.05) is 4.47 Å². The summed E-state index contributed by atoms with van der Waals surface area (Å²) in [5.74, 6) is 0.678. The van der Waals surface area contributed by atoms with Gasteiger partial charge in [-0.2, -0.15) is 0 Å². The van der Waals surface area contributed by atoms with Crippen LogP contribution in [0.3, 0.4) is 0 Å². The van der Waals surface area contributed by atoms with Gasteiger partial charge in [-0.1, -0.05) is 22.9 Å². The van der Waals surface area contributed by atoms with E-state index in [0.717, 1.165) is 11.0 Å². The molecule has 0 radical (unpaired) electrons. The van der Waals surface area contributed by atoms with Crippen LogP contribution >= 0.6 is 15.9 Å². The second-order valence-electron chi connectivity index (χ2n) is 3.52. The molecule has 0 amide bonds. The Morgan fingerprint density at radius 2 is 2.29 bits per heavy atom. The summed E-state index contributed by atoms with van der Waals surface area (Å²) in [4.78, 5) is 4.09. The van der Waals surface area contributed by atoms with Crippen LogP contribution in [0.1, 0.15) is 12.8 Å². The number of nitrogens with zero attached hydrogens (tertiary/aromatic N) is 1. The Morgan fingerprint density at radius 3 is 3.06 bits per heavy atom. The summed E-state index contributed by atoms with van der Waals surface area (Å²) in [6.45, 7) is 3.38. The lowest BCUT2D eigenvalue weighted by Crippen LogP contribution is -2.11. The van der Waals surface area contributed by atoms with Gasteiger partial charge in [0.2, 0.25) is 5.89 Å². The van der Waals surface area contributed by atoms with Crippen molar-refractivity contribution in [1.82, 2.24) is 10.3 Å². The van der Waals surface area contributed by atoms with Crippen LogP contribution in [-0.4, -0.2) is 11.5 Å². The van der Waals surface area contributed by atoms with Gasteiger partial charge in [-0.15, -0.1) is 0 Å². The fourth-order valence-corrected chi connectivity index (χ4v) is 1.80. The summed E-state index contributed by atoms with van der Waals surface area (Å²) in [5.41, 5.74) is 0.412. The molecule has 1 aromatic carbocycles. The van der Waals surface area contributed by atoms with Gasteiger partial charge in [0.25, 0.3) is 0 Å². The molecule has 90 valence electrons. The minimum atomic E-state index is -0.320. The quantitative estimate of drug-likeness (QED) is 0.941. The van der Waals surface area contributed by atoms with Gasteiger partial charge in [-0.3, -0.25) is 0 Å². The van der Waals surface area contributed by atoms with Crippen molar-refractivity contribution in [3.8, 4) is 11.3 Å². The average Bonchev–Trinajstić information content (AvgIpc) is 2.78. The molecule has 2 aromatic rings. The van der Waals surface area contributed by atoms with E-state index >= 15 is 0 Å². The normalized spacial score (nSPS) is 10.8. The maximum Gasteiger partial charge on any atom is 0.208 e. The Balaban J connectivity index is 2.27. The highest BCUT2D eigenvalue weighted by Gasteiger charge is 2.11. The highest BCUT2D eigenvalue weighted by atomic mass is 79.9. The van der Waals surface area contributed by atoms with Crippen molar-refractivity contribution in [1.29, 1.82) is 0 Å². The smallest absolute Gasteiger partial charge is 0.208 e. The minimum absolute atomic E-state index is 0.320. The zero-order chi connectivity index (χ0) is 12.3. The molecular formula is C12H12BrFN2O. The van der Waals surface area contributed by atoms with E-state index in [1.165, 1.54) is 12.3 Å². The zero-order valence-electron chi connectivity index (χ0n) is 9.34. The van der Waals surface area contributed by atoms with Gasteiger partial charge >= 0.3 is 0 Å². The summed E-state index contributed by atoms with van der Waals surface area (Å²) in [6.07, 6.45) is 1.54. The predicted octanol–water partition coefficient (Wildman–Crippen LogP) is 3.35. The van der Waals surface area contributed by atoms with Crippen LogP contribution in [0.2, 0.25) is 0 Å². The van der Waals surface area contributed by atoms with Crippen molar-refractivity contribution in [3.63, 3.8) is 0 Å². The number of halogens is 2. The number of nitrogens with one attached hydrogen (secondary N) is 1. The topological polar surface area (TPSA) is 38.1 Å². The summed E-state index contributed by atoms with van der Waals surface area (Å²) >= 11 is 3.30. The molecule has 0 atom stereocenters. The Bertz CT molecular complexity index is 513. The van der Waals surface area contributed by atoms with Gasteiger partial charge < -0.3 is 9.73 Å². The first-order valence-electron chi connectivity index (χ1n) is 5.31. The van der Waals surface area contributed by atoms with Gasteiger partial charge in [0.05, 0.1) is 18.3 Å². The van der Waals surface area contributed by atoms with E-state index in [1.807, 2.05) is 6.92 Å². The third kappa shape index (κ3) is 2.92. The van der Waals surface area contributed by atoms with Crippen molar-refractivity contribution in [3.05, 3.63) is 40.6 Å². The average molecular weight is 299 g/mol. The largest absolute Gasteiger partial charge is 0.439 e. The summed E-state index contributed by atoms with van der Waals surface area (Å²) in [5, 5.41) is 3.10. The molecule has 0 saturated heterocycles. The van der Waals surface area contributed by atoms with Gasteiger partial charge in [-0.25, -0.2) is 9.37 Å². The molecule has 0 unspecified atom stereocenters. The van der Waals surface area contributed by atoms with Crippen molar-refractivity contribution >= 4 is 15.9 Å². The van der Waals surface area contributed by atoms with Crippen molar-refractivity contribution in [2.24, 2.45) is 0 Å². The molecule has 0 aliphatic carbocycles. The van der Waals surface area contributed by atoms with E-state index in [-0.39, 0.29) is 5.82 Å². The lowest BCUT2D eigenvalue weighted by Gasteiger charge is -2.00. The third-order valence-electron chi connectivity index (χ3n) is 2.27. The summed E-state index contributed by atoms with van der Waals surface area (Å²) < 4.78 is 19.9. The van der Waals surface area contributed by atoms with E-state index < -0.39 is 0 Å². The molecule has 17 heavy (non-hydrogen) atoms. The number of oxazole rings is 1. The first kappa shape index (κ1) is 12.3. The minimum Gasteiger partial charge on any atom is -0.439 e. The zero-order valence-corrected chi connectivity index (χ0v) is 10.9. The summed E-state index contributed by atoms with van der Waals surface area (Å²) in [6, 6.07) is 4.72. The van der Waals surface area contributed by atoms with Gasteiger partial charge in [-0.05, 0) is 24.7 Å². The van der Waals surface area contributed by atoms with Crippen LogP contribution in [0.25, 0.3) is 11.3 Å². The van der Waals surface area contributed by atoms with E-state index in [4.69, 9.17) is 4.42 Å². The SMILES string of the molecule is CCNCc1ncc(-c2cc(Br)ccc2F)o1. The molecular weight excluding hydrogens is 287 g/mol. The number of hydrogen-bond donors (Lipinski definition) is 1. The number of benzene rings is 1. The predicted molar refractivity (Wildman–Crippen MR) is 67.0 cm³/mol. The number of rotatable bonds is 4. The van der Waals surface area contributed by atoms with Crippen LogP contribution < -0.4 is 5.32 Å². The molecule has 0 aliphatic heterocycles. The number of aromatic nitrogens is 1. The Kier molecular flexibility index (Phi) is 3.91. The summed E-state index contributed by atoms with van der Waals surface area (Å²) in [7, 11) is 0. The van der Waals surface area contributed by atoms with Gasteiger partial charge in [0.15, 0.2) is 5.76 Å². The second-order valence-corrected chi connectivity index (χ2v) is 4.44. The molecule has 0 bridgehead atoms. The van der Waals surface area contributed by atoms with Crippen LogP contribution in [0.4, 0.5) is 4.39 Å². The van der Waals surface area contributed by atoms with E-state index in [0.29, 0.717) is 23.8 Å². The maximum absolute atomic E-state index is 13.6. The third-order valence-corrected chi connectivity index (χ3v) is 2.77. The van der Waals surface area contributed by atoms with Crippen molar-refractivity contribution < 1.29 is 8.81 Å². The monoisotopic (exact) mass is 298 g/mol. The molecule has 1 N–H and O–H groups in total. The van der Waals surface area contributed by atoms with Crippen LogP contribution in [-0.2, 0) is 6.54 Å². The Hall–Kier alpha value is -1.20. The highest BCUT2D eigenvalue weighted by molar-refractivity contribution is 9.10. The fraction of sp³-hybridized carbons (Fsp3) is 0.250. The second kappa shape index (κ2) is 5.42. The Labute approximate surface area is 107 Å². The molecule has 0 fully saturated rings. The number of hydrogen-bond acceptors (Lipinski definition) is 3. The van der Waals surface area contributed by atoms with E-state index in [9.17, 15) is 4.39 Å². The van der Waals surface area contributed by atoms with Crippen molar-refractivity contribution in [2.75, 3.05) is 6.54 Å². The van der Waals surface area contributed by atoms with Crippen molar-refractivity contribution in [2.45, 2.75) is 13.5 Å². The van der Waals surface area contributed by atoms with Crippen LogP contribution in [0, 0.1) is 5.82 Å². The molecule has 0 spiro atoms. The van der Waals surface area contributed by atoms with Crippen LogP contribution in [0.5, 0.6) is 0 Å². The standard InChI is InChI=1S/C12H12BrFN2O/c1-2-15-7-12-16-6-11(17-12)9-5-8(13)3-4-10(9)14/h3-6,15H,2,7H2,1H3. The molecule has 2 rings (SSSR count). The lowest BCUT2D eigenvalue weighted by atomic mass is 10.2. The highest BCUT2D eigenvalue weighted by Crippen LogP contribution is 2.26. The molecule has 3 nitrogen and oxygen atoms in total. The molecule has 0 aliphatic rings. The molecule has 1 heterocycles. The molecule has 1 aromatic heterocycles. The fourth-order valence-electron chi connectivity index (χ4n) is 1.43. The van der Waals surface area contributed by atoms with E-state index in [2.05, 4.69) is 26.2 Å². The molecule has 0 saturated carbocycles. The first-order valence-corrected chi connectivity index (χ1v) is 6.11. The van der Waals surface area contributed by atoms with E-state index in [1.54, 1.807) is 12.1 Å². The lowest BCUT2D eigenvalue weighted by molar-refractivity contribution is 0.479. The van der Waals surface area contributed by atoms with Gasteiger partial charge in [0.1, 0.15) is 5.82 Å². The maximum atomic E-state index is 13.6.